The van der Waals surface area contributed by atoms with Crippen molar-refractivity contribution in [3.05, 3.63) is 58.7 Å². The minimum Gasteiger partial charge on any atom is -0.456 e. The smallest absolute Gasteiger partial charge is 0.287 e. The molecule has 0 atom stereocenters. The zero-order chi connectivity index (χ0) is 20.7. The van der Waals surface area contributed by atoms with Gasteiger partial charge in [0.05, 0.1) is 11.1 Å². The second kappa shape index (κ2) is 7.67. The molecule has 1 saturated heterocycles. The number of benzene rings is 1. The quantitative estimate of drug-likeness (QED) is 0.692. The summed E-state index contributed by atoms with van der Waals surface area (Å²) in [5, 5.41) is 4.23. The number of aromatic nitrogens is 1. The maximum atomic E-state index is 13.3. The summed E-state index contributed by atoms with van der Waals surface area (Å²) >= 11 is 0. The number of furan rings is 1. The predicted octanol–water partition coefficient (Wildman–Crippen LogP) is 3.98. The molecule has 0 unspecified atom stereocenters. The molecule has 3 aromatic rings. The second-order valence-electron chi connectivity index (χ2n) is 8.47. The van der Waals surface area contributed by atoms with E-state index in [4.69, 9.17) is 4.42 Å². The lowest BCUT2D eigenvalue weighted by atomic mass is 9.95. The van der Waals surface area contributed by atoms with Gasteiger partial charge in [-0.15, -0.1) is 0 Å². The van der Waals surface area contributed by atoms with Gasteiger partial charge in [0.25, 0.3) is 11.8 Å². The Kier molecular flexibility index (Phi) is 4.85. The van der Waals surface area contributed by atoms with E-state index in [1.807, 2.05) is 24.0 Å². The average Bonchev–Trinajstić information content (AvgIpc) is 3.37. The molecule has 2 N–H and O–H groups in total. The summed E-state index contributed by atoms with van der Waals surface area (Å²) in [6.45, 7) is 3.09. The molecule has 0 bridgehead atoms. The highest BCUT2D eigenvalue weighted by Gasteiger charge is 2.27. The second-order valence-corrected chi connectivity index (χ2v) is 8.47. The van der Waals surface area contributed by atoms with Crippen molar-refractivity contribution in [2.75, 3.05) is 13.1 Å². The number of H-pyrrole nitrogens is 1. The SMILES string of the molecule is Cc1ccc(C(=O)NC2CCN(C(=O)c3cccc4c5c([nH]c34)CCCC5)CC2)o1. The number of rotatable bonds is 3. The number of amides is 2. The van der Waals surface area contributed by atoms with Gasteiger partial charge in [0.15, 0.2) is 5.76 Å². The van der Waals surface area contributed by atoms with Crippen molar-refractivity contribution in [3.8, 4) is 0 Å². The number of para-hydroxylation sites is 1. The summed E-state index contributed by atoms with van der Waals surface area (Å²) < 4.78 is 5.40. The Bertz CT molecular complexity index is 1100. The zero-order valence-electron chi connectivity index (χ0n) is 17.3. The van der Waals surface area contributed by atoms with Crippen molar-refractivity contribution in [1.29, 1.82) is 0 Å². The Hall–Kier alpha value is -3.02. The minimum atomic E-state index is -0.186. The van der Waals surface area contributed by atoms with E-state index in [-0.39, 0.29) is 17.9 Å². The maximum absolute atomic E-state index is 13.3. The highest BCUT2D eigenvalue weighted by Crippen LogP contribution is 2.31. The van der Waals surface area contributed by atoms with E-state index < -0.39 is 0 Å². The van der Waals surface area contributed by atoms with Gasteiger partial charge in [-0.05, 0) is 69.2 Å². The molecule has 0 radical (unpaired) electrons. The third-order valence-corrected chi connectivity index (χ3v) is 6.45. The molecule has 0 saturated carbocycles. The molecule has 2 aromatic heterocycles. The summed E-state index contributed by atoms with van der Waals surface area (Å²) in [6.07, 6.45) is 6.07. The van der Waals surface area contributed by atoms with Crippen LogP contribution in [0.15, 0.2) is 34.7 Å². The number of carbonyl (C=O) groups excluding carboxylic acids is 2. The van der Waals surface area contributed by atoms with Gasteiger partial charge in [-0.2, -0.15) is 0 Å². The first-order valence-electron chi connectivity index (χ1n) is 10.9. The van der Waals surface area contributed by atoms with Crippen LogP contribution >= 0.6 is 0 Å². The molecular formula is C24H27N3O3. The molecule has 6 heteroatoms. The number of piperidine rings is 1. The predicted molar refractivity (Wildman–Crippen MR) is 115 cm³/mol. The van der Waals surface area contributed by atoms with E-state index >= 15 is 0 Å². The standard InChI is InChI=1S/C24H27N3O3/c1-15-9-10-21(30-15)23(28)25-16-11-13-27(14-12-16)24(29)19-7-4-6-18-17-5-2-3-8-20(17)26-22(18)19/h4,6-7,9-10,16,26H,2-3,5,8,11-14H2,1H3,(H,25,28). The molecular weight excluding hydrogens is 378 g/mol. The average molecular weight is 405 g/mol. The minimum absolute atomic E-state index is 0.0561. The van der Waals surface area contributed by atoms with E-state index in [0.717, 1.165) is 42.5 Å². The van der Waals surface area contributed by atoms with Crippen molar-refractivity contribution in [3.63, 3.8) is 0 Å². The van der Waals surface area contributed by atoms with Gasteiger partial charge in [0.2, 0.25) is 0 Å². The first-order valence-corrected chi connectivity index (χ1v) is 10.9. The van der Waals surface area contributed by atoms with Crippen LogP contribution in [0.1, 0.15) is 63.6 Å². The lowest BCUT2D eigenvalue weighted by Crippen LogP contribution is -2.46. The van der Waals surface area contributed by atoms with E-state index in [9.17, 15) is 9.59 Å². The van der Waals surface area contributed by atoms with E-state index in [0.29, 0.717) is 18.8 Å². The van der Waals surface area contributed by atoms with Crippen LogP contribution in [0.3, 0.4) is 0 Å². The van der Waals surface area contributed by atoms with Crippen molar-refractivity contribution < 1.29 is 14.0 Å². The molecule has 156 valence electrons. The van der Waals surface area contributed by atoms with E-state index in [2.05, 4.69) is 16.4 Å². The van der Waals surface area contributed by atoms with Crippen molar-refractivity contribution in [2.24, 2.45) is 0 Å². The number of likely N-dealkylation sites (tertiary alicyclic amines) is 1. The Morgan fingerprint density at radius 1 is 1.10 bits per heavy atom. The molecule has 0 spiro atoms. The fourth-order valence-electron chi connectivity index (χ4n) is 4.82. The van der Waals surface area contributed by atoms with Gasteiger partial charge >= 0.3 is 0 Å². The summed E-state index contributed by atoms with van der Waals surface area (Å²) in [5.41, 5.74) is 4.43. The first kappa shape index (κ1) is 19.0. The van der Waals surface area contributed by atoms with E-state index in [1.54, 1.807) is 12.1 Å². The van der Waals surface area contributed by atoms with Crippen LogP contribution in [0.4, 0.5) is 0 Å². The Labute approximate surface area is 175 Å². The largest absolute Gasteiger partial charge is 0.456 e. The lowest BCUT2D eigenvalue weighted by molar-refractivity contribution is 0.0697. The number of aromatic amines is 1. The Balaban J connectivity index is 1.27. The monoisotopic (exact) mass is 405 g/mol. The van der Waals surface area contributed by atoms with Gasteiger partial charge in [0, 0.05) is 30.2 Å². The number of carbonyl (C=O) groups is 2. The van der Waals surface area contributed by atoms with Crippen LogP contribution in [-0.2, 0) is 12.8 Å². The summed E-state index contributed by atoms with van der Waals surface area (Å²) in [5.74, 6) is 0.953. The van der Waals surface area contributed by atoms with Crippen LogP contribution in [0.25, 0.3) is 10.9 Å². The number of nitrogens with one attached hydrogen (secondary N) is 2. The van der Waals surface area contributed by atoms with Crippen LogP contribution in [0, 0.1) is 6.92 Å². The lowest BCUT2D eigenvalue weighted by Gasteiger charge is -2.32. The van der Waals surface area contributed by atoms with Crippen molar-refractivity contribution >= 4 is 22.7 Å². The summed E-state index contributed by atoms with van der Waals surface area (Å²) in [4.78, 5) is 31.1. The van der Waals surface area contributed by atoms with Gasteiger partial charge < -0.3 is 19.6 Å². The maximum Gasteiger partial charge on any atom is 0.287 e. The van der Waals surface area contributed by atoms with Crippen LogP contribution in [0.2, 0.25) is 0 Å². The van der Waals surface area contributed by atoms with Crippen LogP contribution in [-0.4, -0.2) is 40.8 Å². The molecule has 6 nitrogen and oxygen atoms in total. The molecule has 2 amide bonds. The number of nitrogens with zero attached hydrogens (tertiary/aromatic N) is 1. The molecule has 3 heterocycles. The highest BCUT2D eigenvalue weighted by molar-refractivity contribution is 6.06. The fraction of sp³-hybridized carbons (Fsp3) is 0.417. The number of hydrogen-bond donors (Lipinski definition) is 2. The third-order valence-electron chi connectivity index (χ3n) is 6.45. The van der Waals surface area contributed by atoms with Crippen molar-refractivity contribution in [2.45, 2.75) is 51.5 Å². The fourth-order valence-corrected chi connectivity index (χ4v) is 4.82. The Morgan fingerprint density at radius 2 is 1.90 bits per heavy atom. The molecule has 1 aliphatic heterocycles. The molecule has 2 aliphatic rings. The number of fused-ring (bicyclic) bond motifs is 3. The molecule has 1 aliphatic carbocycles. The van der Waals surface area contributed by atoms with Gasteiger partial charge in [-0.25, -0.2) is 0 Å². The van der Waals surface area contributed by atoms with Crippen LogP contribution in [0.5, 0.6) is 0 Å². The first-order chi connectivity index (χ1) is 14.6. The van der Waals surface area contributed by atoms with Crippen LogP contribution < -0.4 is 5.32 Å². The zero-order valence-corrected chi connectivity index (χ0v) is 17.3. The summed E-state index contributed by atoms with van der Waals surface area (Å²) in [6, 6.07) is 9.59. The van der Waals surface area contributed by atoms with Gasteiger partial charge in [-0.3, -0.25) is 9.59 Å². The normalized spacial score (nSPS) is 17.2. The van der Waals surface area contributed by atoms with Gasteiger partial charge in [0.1, 0.15) is 5.76 Å². The topological polar surface area (TPSA) is 78.3 Å². The molecule has 1 aromatic carbocycles. The van der Waals surface area contributed by atoms with Crippen molar-refractivity contribution in [1.82, 2.24) is 15.2 Å². The molecule has 5 rings (SSSR count). The molecule has 1 fully saturated rings. The third kappa shape index (κ3) is 3.40. The van der Waals surface area contributed by atoms with E-state index in [1.165, 1.54) is 29.5 Å². The Morgan fingerprint density at radius 3 is 2.67 bits per heavy atom. The molecule has 30 heavy (non-hydrogen) atoms. The number of aryl methyl sites for hydroxylation is 3. The summed E-state index contributed by atoms with van der Waals surface area (Å²) in [7, 11) is 0. The van der Waals surface area contributed by atoms with Gasteiger partial charge in [-0.1, -0.05) is 12.1 Å². The highest BCUT2D eigenvalue weighted by atomic mass is 16.3. The number of hydrogen-bond acceptors (Lipinski definition) is 3.